The van der Waals surface area contributed by atoms with Crippen LogP contribution in [0, 0.1) is 11.8 Å². The Hall–Kier alpha value is -1.17. The summed E-state index contributed by atoms with van der Waals surface area (Å²) < 4.78 is 1.37. The van der Waals surface area contributed by atoms with Gasteiger partial charge < -0.3 is 0 Å². The Kier molecular flexibility index (Phi) is 3.85. The molecule has 0 aromatic carbocycles. The lowest BCUT2D eigenvalue weighted by Gasteiger charge is -2.06. The summed E-state index contributed by atoms with van der Waals surface area (Å²) in [7, 11) is 0. The number of hydrogen-bond acceptors (Lipinski definition) is 5. The molecule has 1 heterocycles. The molecule has 6 heteroatoms. The van der Waals surface area contributed by atoms with Gasteiger partial charge in [0.25, 0.3) is 5.56 Å². The molecular weight excluding hydrogens is 248 g/mol. The Morgan fingerprint density at radius 3 is 2.67 bits per heavy atom. The largest absolute Gasteiger partial charge is 0.297 e. The van der Waals surface area contributed by atoms with Crippen LogP contribution in [0.15, 0.2) is 15.1 Å². The summed E-state index contributed by atoms with van der Waals surface area (Å²) in [5.74, 6) is 1.10. The van der Waals surface area contributed by atoms with Crippen molar-refractivity contribution < 1.29 is 0 Å². The Labute approximate surface area is 111 Å². The number of rotatable bonds is 4. The van der Waals surface area contributed by atoms with Crippen LogP contribution in [0.4, 0.5) is 0 Å². The van der Waals surface area contributed by atoms with Crippen molar-refractivity contribution in [3.63, 3.8) is 0 Å². The maximum Gasteiger partial charge on any atom is 0.297 e. The Balaban J connectivity index is 2.44. The van der Waals surface area contributed by atoms with Crippen LogP contribution in [-0.4, -0.2) is 27.3 Å². The van der Waals surface area contributed by atoms with Crippen LogP contribution in [0.5, 0.6) is 0 Å². The predicted molar refractivity (Wildman–Crippen MR) is 73.3 cm³/mol. The molecule has 2 atom stereocenters. The smallest absolute Gasteiger partial charge is 0.265 e. The summed E-state index contributed by atoms with van der Waals surface area (Å²) in [5, 5.41) is 12.9. The van der Waals surface area contributed by atoms with Crippen molar-refractivity contribution in [3.8, 4) is 0 Å². The zero-order valence-electron chi connectivity index (χ0n) is 11.1. The van der Waals surface area contributed by atoms with E-state index in [1.165, 1.54) is 16.4 Å². The van der Waals surface area contributed by atoms with Gasteiger partial charge in [-0.3, -0.25) is 4.79 Å². The third-order valence-electron chi connectivity index (χ3n) is 2.96. The zero-order chi connectivity index (χ0) is 13.3. The van der Waals surface area contributed by atoms with Crippen LogP contribution in [0.25, 0.3) is 0 Å². The van der Waals surface area contributed by atoms with Crippen molar-refractivity contribution in [2.75, 3.05) is 6.26 Å². The van der Waals surface area contributed by atoms with E-state index < -0.39 is 0 Å². The van der Waals surface area contributed by atoms with Gasteiger partial charge in [-0.25, -0.2) is 0 Å². The van der Waals surface area contributed by atoms with Crippen molar-refractivity contribution in [1.29, 1.82) is 0 Å². The molecule has 2 rings (SSSR count). The molecule has 1 saturated carbocycles. The third kappa shape index (κ3) is 2.63. The number of aromatic nitrogens is 3. The Morgan fingerprint density at radius 1 is 1.50 bits per heavy atom. The fraction of sp³-hybridized carbons (Fsp3) is 0.667. The van der Waals surface area contributed by atoms with Crippen molar-refractivity contribution in [2.45, 2.75) is 38.3 Å². The van der Waals surface area contributed by atoms with E-state index in [0.29, 0.717) is 22.7 Å². The first-order valence-electron chi connectivity index (χ1n) is 6.12. The summed E-state index contributed by atoms with van der Waals surface area (Å²) in [6, 6.07) is 0. The molecule has 98 valence electrons. The first-order valence-corrected chi connectivity index (χ1v) is 7.35. The van der Waals surface area contributed by atoms with E-state index in [0.717, 1.165) is 6.42 Å². The van der Waals surface area contributed by atoms with Crippen molar-refractivity contribution >= 4 is 18.0 Å². The molecule has 1 fully saturated rings. The monoisotopic (exact) mass is 266 g/mol. The molecule has 0 aliphatic heterocycles. The molecule has 1 aliphatic rings. The molecule has 0 spiro atoms. The van der Waals surface area contributed by atoms with Crippen LogP contribution in [0.2, 0.25) is 0 Å². The molecule has 1 aromatic rings. The van der Waals surface area contributed by atoms with E-state index in [4.69, 9.17) is 0 Å². The fourth-order valence-electron chi connectivity index (χ4n) is 1.74. The van der Waals surface area contributed by atoms with Gasteiger partial charge in [0.1, 0.15) is 5.69 Å². The molecule has 0 bridgehead atoms. The molecule has 0 N–H and O–H groups in total. The van der Waals surface area contributed by atoms with Crippen LogP contribution in [0.1, 0.15) is 38.8 Å². The molecule has 1 aliphatic carbocycles. The highest BCUT2D eigenvalue weighted by Crippen LogP contribution is 2.44. The Morgan fingerprint density at radius 2 is 2.17 bits per heavy atom. The molecule has 0 amide bonds. The topological polar surface area (TPSA) is 60.1 Å². The van der Waals surface area contributed by atoms with Crippen LogP contribution in [0.3, 0.4) is 0 Å². The summed E-state index contributed by atoms with van der Waals surface area (Å²) in [6.45, 7) is 6.16. The van der Waals surface area contributed by atoms with E-state index in [-0.39, 0.29) is 11.5 Å². The van der Waals surface area contributed by atoms with E-state index in [9.17, 15) is 4.79 Å². The molecular formula is C12H18N4OS. The van der Waals surface area contributed by atoms with Crippen molar-refractivity contribution in [1.82, 2.24) is 14.9 Å². The fourth-order valence-corrected chi connectivity index (χ4v) is 2.17. The summed E-state index contributed by atoms with van der Waals surface area (Å²) in [5.41, 5.74) is 0.432. The van der Waals surface area contributed by atoms with Gasteiger partial charge in [0.15, 0.2) is 0 Å². The van der Waals surface area contributed by atoms with Gasteiger partial charge in [0, 0.05) is 12.1 Å². The van der Waals surface area contributed by atoms with E-state index in [2.05, 4.69) is 22.2 Å². The lowest BCUT2D eigenvalue weighted by Crippen LogP contribution is -2.25. The maximum absolute atomic E-state index is 12.3. The maximum atomic E-state index is 12.3. The first-order chi connectivity index (χ1) is 8.54. The van der Waals surface area contributed by atoms with Crippen molar-refractivity contribution in [3.05, 3.63) is 16.0 Å². The molecule has 2 unspecified atom stereocenters. The van der Waals surface area contributed by atoms with Gasteiger partial charge in [0.2, 0.25) is 5.16 Å². The summed E-state index contributed by atoms with van der Waals surface area (Å²) >= 11 is 1.38. The van der Waals surface area contributed by atoms with Crippen LogP contribution in [-0.2, 0) is 0 Å². The van der Waals surface area contributed by atoms with Gasteiger partial charge in [-0.05, 0) is 24.5 Å². The van der Waals surface area contributed by atoms with Gasteiger partial charge in [-0.1, -0.05) is 32.5 Å². The van der Waals surface area contributed by atoms with Crippen LogP contribution >= 0.6 is 11.8 Å². The minimum atomic E-state index is -0.124. The second kappa shape index (κ2) is 5.22. The average molecular weight is 266 g/mol. The van der Waals surface area contributed by atoms with Crippen LogP contribution < -0.4 is 5.56 Å². The lowest BCUT2D eigenvalue weighted by molar-refractivity contribution is 0.615. The molecule has 0 saturated heterocycles. The standard InChI is InChI=1S/C12H18N4OS/c1-7(2)6-13-16-11(17)10(9-5-8(9)3)14-15-12(16)18-4/h6-9H,5H2,1-4H3/b13-6+. The quantitative estimate of drug-likeness (QED) is 0.617. The van der Waals surface area contributed by atoms with E-state index in [1.807, 2.05) is 20.1 Å². The molecule has 18 heavy (non-hydrogen) atoms. The van der Waals surface area contributed by atoms with Gasteiger partial charge in [-0.2, -0.15) is 9.78 Å². The first kappa shape index (κ1) is 13.3. The Bertz CT molecular complexity index is 523. The number of nitrogens with zero attached hydrogens (tertiary/aromatic N) is 4. The average Bonchev–Trinajstić information content (AvgIpc) is 3.03. The minimum absolute atomic E-state index is 0.124. The molecule has 5 nitrogen and oxygen atoms in total. The molecule has 1 aromatic heterocycles. The highest BCUT2D eigenvalue weighted by molar-refractivity contribution is 7.98. The van der Waals surface area contributed by atoms with E-state index in [1.54, 1.807) is 6.21 Å². The molecule has 0 radical (unpaired) electrons. The zero-order valence-corrected chi connectivity index (χ0v) is 11.9. The normalized spacial score (nSPS) is 22.9. The lowest BCUT2D eigenvalue weighted by atomic mass is 10.2. The second-order valence-corrected chi connectivity index (χ2v) is 5.79. The number of thioether (sulfide) groups is 1. The summed E-state index contributed by atoms with van der Waals surface area (Å²) in [4.78, 5) is 12.3. The van der Waals surface area contributed by atoms with E-state index >= 15 is 0 Å². The summed E-state index contributed by atoms with van der Waals surface area (Å²) in [6.07, 6.45) is 4.64. The third-order valence-corrected chi connectivity index (χ3v) is 3.58. The second-order valence-electron chi connectivity index (χ2n) is 5.02. The van der Waals surface area contributed by atoms with Gasteiger partial charge >= 0.3 is 0 Å². The van der Waals surface area contributed by atoms with Gasteiger partial charge in [0.05, 0.1) is 0 Å². The highest BCUT2D eigenvalue weighted by Gasteiger charge is 2.38. The van der Waals surface area contributed by atoms with Gasteiger partial charge in [-0.15, -0.1) is 10.2 Å². The SMILES string of the molecule is CSc1nnc(C2CC2C)c(=O)n1/N=C/C(C)C. The minimum Gasteiger partial charge on any atom is -0.265 e. The number of hydrogen-bond donors (Lipinski definition) is 0. The predicted octanol–water partition coefficient (Wildman–Crippen LogP) is 1.97. The van der Waals surface area contributed by atoms with Crippen molar-refractivity contribution in [2.24, 2.45) is 16.9 Å². The highest BCUT2D eigenvalue weighted by atomic mass is 32.2.